The third kappa shape index (κ3) is 5.83. The van der Waals surface area contributed by atoms with E-state index >= 15 is 0 Å². The normalized spacial score (nSPS) is 19.5. The zero-order chi connectivity index (χ0) is 26.6. The molecule has 0 amide bonds. The standard InChI is InChI=1S/C35H36N2O2/c1-25-33(27-9-3-2-4-10-27)16-18-36-35-15-14-29(21-34(25)35)28-12-7-13-32(20-28)39-24-31(38)23-37-19-17-26-8-5-6-11-30(26)22-37/h2-15,18,20-21,25,31,33,38H,16-17,19,22-24H2,1H3. The highest BCUT2D eigenvalue weighted by Crippen LogP contribution is 2.42. The Morgan fingerprint density at radius 1 is 0.897 bits per heavy atom. The van der Waals surface area contributed by atoms with E-state index in [1.807, 2.05) is 12.1 Å². The van der Waals surface area contributed by atoms with Crippen LogP contribution in [-0.4, -0.2) is 42.0 Å². The fourth-order valence-electron chi connectivity index (χ4n) is 6.05. The predicted octanol–water partition coefficient (Wildman–Crippen LogP) is 7.14. The van der Waals surface area contributed by atoms with Gasteiger partial charge in [-0.2, -0.15) is 0 Å². The van der Waals surface area contributed by atoms with Crippen LogP contribution in [0.4, 0.5) is 5.69 Å². The third-order valence-electron chi connectivity index (χ3n) is 8.23. The second kappa shape index (κ2) is 11.6. The smallest absolute Gasteiger partial charge is 0.120 e. The van der Waals surface area contributed by atoms with Crippen LogP contribution in [-0.2, 0) is 13.0 Å². The summed E-state index contributed by atoms with van der Waals surface area (Å²) in [5, 5.41) is 10.7. The number of rotatable bonds is 7. The first kappa shape index (κ1) is 25.5. The van der Waals surface area contributed by atoms with Crippen LogP contribution in [0.2, 0.25) is 0 Å². The highest BCUT2D eigenvalue weighted by atomic mass is 16.5. The van der Waals surface area contributed by atoms with Gasteiger partial charge in [-0.3, -0.25) is 9.89 Å². The van der Waals surface area contributed by atoms with Crippen LogP contribution >= 0.6 is 0 Å². The zero-order valence-corrected chi connectivity index (χ0v) is 22.5. The highest BCUT2D eigenvalue weighted by molar-refractivity contribution is 5.74. The van der Waals surface area contributed by atoms with E-state index in [-0.39, 0.29) is 6.61 Å². The number of aliphatic hydroxyl groups is 1. The molecule has 4 nitrogen and oxygen atoms in total. The molecule has 0 saturated carbocycles. The zero-order valence-electron chi connectivity index (χ0n) is 22.5. The van der Waals surface area contributed by atoms with Crippen molar-refractivity contribution in [1.82, 2.24) is 4.90 Å². The second-order valence-electron chi connectivity index (χ2n) is 10.9. The van der Waals surface area contributed by atoms with Crippen molar-refractivity contribution in [2.75, 3.05) is 19.7 Å². The van der Waals surface area contributed by atoms with Gasteiger partial charge >= 0.3 is 0 Å². The van der Waals surface area contributed by atoms with Gasteiger partial charge in [0.25, 0.3) is 0 Å². The Morgan fingerprint density at radius 2 is 1.69 bits per heavy atom. The molecule has 198 valence electrons. The van der Waals surface area contributed by atoms with Gasteiger partial charge in [0, 0.05) is 25.8 Å². The summed E-state index contributed by atoms with van der Waals surface area (Å²) < 4.78 is 6.07. The Bertz CT molecular complexity index is 1450. The van der Waals surface area contributed by atoms with E-state index < -0.39 is 6.10 Å². The molecule has 2 heterocycles. The minimum absolute atomic E-state index is 0.274. The molecule has 0 radical (unpaired) electrons. The van der Waals surface area contributed by atoms with E-state index in [9.17, 15) is 5.11 Å². The summed E-state index contributed by atoms with van der Waals surface area (Å²) in [6.07, 6.45) is 3.50. The molecule has 4 heteroatoms. The monoisotopic (exact) mass is 516 g/mol. The average Bonchev–Trinajstić information content (AvgIpc) is 3.15. The maximum Gasteiger partial charge on any atom is 0.120 e. The molecule has 3 atom stereocenters. The summed E-state index contributed by atoms with van der Waals surface area (Å²) in [4.78, 5) is 7.11. The molecule has 0 spiro atoms. The molecule has 0 aromatic heterocycles. The van der Waals surface area contributed by atoms with Crippen molar-refractivity contribution >= 4 is 11.9 Å². The van der Waals surface area contributed by atoms with E-state index in [2.05, 4.69) is 103 Å². The van der Waals surface area contributed by atoms with Gasteiger partial charge in [0.15, 0.2) is 0 Å². The predicted molar refractivity (Wildman–Crippen MR) is 159 cm³/mol. The lowest BCUT2D eigenvalue weighted by Crippen LogP contribution is -2.38. The number of aliphatic imine (C=N–C) groups is 1. The third-order valence-corrected chi connectivity index (χ3v) is 8.23. The number of benzene rings is 4. The van der Waals surface area contributed by atoms with Gasteiger partial charge in [-0.15, -0.1) is 0 Å². The molecule has 0 fully saturated rings. The van der Waals surface area contributed by atoms with Gasteiger partial charge in [-0.05, 0) is 82.3 Å². The number of ether oxygens (including phenoxy) is 1. The largest absolute Gasteiger partial charge is 0.491 e. The molecule has 4 aromatic carbocycles. The fourth-order valence-corrected chi connectivity index (χ4v) is 6.05. The van der Waals surface area contributed by atoms with Crippen molar-refractivity contribution in [2.24, 2.45) is 4.99 Å². The lowest BCUT2D eigenvalue weighted by molar-refractivity contribution is 0.0638. The van der Waals surface area contributed by atoms with E-state index in [1.54, 1.807) is 0 Å². The first-order valence-corrected chi connectivity index (χ1v) is 14.1. The Balaban J connectivity index is 1.13. The van der Waals surface area contributed by atoms with Gasteiger partial charge in [0.05, 0.1) is 5.69 Å². The Labute approximate surface area is 231 Å². The van der Waals surface area contributed by atoms with Crippen molar-refractivity contribution in [3.05, 3.63) is 119 Å². The summed E-state index contributed by atoms with van der Waals surface area (Å²) in [7, 11) is 0. The van der Waals surface area contributed by atoms with Crippen LogP contribution in [0.25, 0.3) is 11.1 Å². The van der Waals surface area contributed by atoms with E-state index in [1.165, 1.54) is 22.3 Å². The van der Waals surface area contributed by atoms with E-state index in [0.29, 0.717) is 18.4 Å². The Kier molecular flexibility index (Phi) is 7.57. The minimum atomic E-state index is -0.542. The minimum Gasteiger partial charge on any atom is -0.491 e. The summed E-state index contributed by atoms with van der Waals surface area (Å²) in [5.74, 6) is 1.52. The number of β-amino-alcohol motifs (C(OH)–C–C–N with tert-alkyl or cyclic N) is 1. The van der Waals surface area contributed by atoms with Gasteiger partial charge in [0.1, 0.15) is 18.5 Å². The molecule has 39 heavy (non-hydrogen) atoms. The van der Waals surface area contributed by atoms with Crippen molar-refractivity contribution in [3.8, 4) is 16.9 Å². The molecular formula is C35H36N2O2. The molecule has 2 aliphatic rings. The maximum atomic E-state index is 10.7. The van der Waals surface area contributed by atoms with Crippen LogP contribution < -0.4 is 4.74 Å². The molecular weight excluding hydrogens is 480 g/mol. The number of hydrogen-bond acceptors (Lipinski definition) is 4. The molecule has 4 aromatic rings. The Hall–Kier alpha value is -3.73. The molecule has 0 bridgehead atoms. The van der Waals surface area contributed by atoms with Gasteiger partial charge in [0.2, 0.25) is 0 Å². The number of nitrogens with zero attached hydrogens (tertiary/aromatic N) is 2. The van der Waals surface area contributed by atoms with Gasteiger partial charge < -0.3 is 9.84 Å². The molecule has 0 saturated heterocycles. The van der Waals surface area contributed by atoms with Crippen molar-refractivity contribution in [1.29, 1.82) is 0 Å². The average molecular weight is 517 g/mol. The first-order valence-electron chi connectivity index (χ1n) is 14.1. The topological polar surface area (TPSA) is 45.1 Å². The van der Waals surface area contributed by atoms with Crippen LogP contribution in [0.5, 0.6) is 5.75 Å². The van der Waals surface area contributed by atoms with Crippen molar-refractivity contribution in [3.63, 3.8) is 0 Å². The second-order valence-corrected chi connectivity index (χ2v) is 10.9. The van der Waals surface area contributed by atoms with Crippen molar-refractivity contribution < 1.29 is 9.84 Å². The van der Waals surface area contributed by atoms with Crippen molar-refractivity contribution in [2.45, 2.75) is 44.2 Å². The van der Waals surface area contributed by atoms with E-state index in [4.69, 9.17) is 9.73 Å². The molecule has 2 aliphatic heterocycles. The van der Waals surface area contributed by atoms with Crippen LogP contribution in [0.3, 0.4) is 0 Å². The van der Waals surface area contributed by atoms with Crippen LogP contribution in [0.1, 0.15) is 47.4 Å². The van der Waals surface area contributed by atoms with Crippen LogP contribution in [0, 0.1) is 0 Å². The quantitative estimate of drug-likeness (QED) is 0.284. The molecule has 0 aliphatic carbocycles. The van der Waals surface area contributed by atoms with Gasteiger partial charge in [-0.1, -0.05) is 79.7 Å². The van der Waals surface area contributed by atoms with E-state index in [0.717, 1.165) is 48.5 Å². The lowest BCUT2D eigenvalue weighted by atomic mass is 9.80. The number of fused-ring (bicyclic) bond motifs is 2. The summed E-state index contributed by atoms with van der Waals surface area (Å²) in [5.41, 5.74) is 8.74. The molecule has 6 rings (SSSR count). The summed E-state index contributed by atoms with van der Waals surface area (Å²) in [6.45, 7) is 5.05. The number of aliphatic hydroxyl groups excluding tert-OH is 1. The summed E-state index contributed by atoms with van der Waals surface area (Å²) in [6, 6.07) is 34.1. The molecule has 3 unspecified atom stereocenters. The summed E-state index contributed by atoms with van der Waals surface area (Å²) >= 11 is 0. The Morgan fingerprint density at radius 3 is 2.56 bits per heavy atom. The maximum absolute atomic E-state index is 10.7. The SMILES string of the molecule is CC1c2cc(-c3cccc(OCC(O)CN4CCc5ccccc5C4)c3)ccc2N=CCC1c1ccccc1. The van der Waals surface area contributed by atoms with Gasteiger partial charge in [-0.25, -0.2) is 0 Å². The van der Waals surface area contributed by atoms with Crippen LogP contribution in [0.15, 0.2) is 102 Å². The first-order chi connectivity index (χ1) is 19.1. The molecule has 1 N–H and O–H groups in total. The number of hydrogen-bond donors (Lipinski definition) is 1. The lowest BCUT2D eigenvalue weighted by Gasteiger charge is -2.30. The highest BCUT2D eigenvalue weighted by Gasteiger charge is 2.25. The fraction of sp³-hybridized carbons (Fsp3) is 0.286.